The van der Waals surface area contributed by atoms with Crippen LogP contribution in [0.2, 0.25) is 25.7 Å². The smallest absolute Gasteiger partial charge is 0.408 e. The molecule has 0 aromatic carbocycles. The molecule has 0 radical (unpaired) electrons. The Hall–Kier alpha value is -6.69. The lowest BCUT2D eigenvalue weighted by Crippen LogP contribution is -2.58. The van der Waals surface area contributed by atoms with Crippen molar-refractivity contribution < 1.29 is 81.2 Å². The summed E-state index contributed by atoms with van der Waals surface area (Å²) in [5.41, 5.74) is -2.70. The highest BCUT2D eigenvalue weighted by atomic mass is 28.3. The van der Waals surface area contributed by atoms with Crippen molar-refractivity contribution >= 4 is 73.5 Å². The first-order valence-electron chi connectivity index (χ1n) is 33.5. The Kier molecular flexibility index (Phi) is 37.2. The molecule has 6 amide bonds. The minimum Gasteiger partial charge on any atom is -0.463 e. The highest BCUT2D eigenvalue weighted by Gasteiger charge is 2.46. The quantitative estimate of drug-likeness (QED) is 0.0147. The van der Waals surface area contributed by atoms with E-state index < -0.39 is 187 Å². The second-order valence-electron chi connectivity index (χ2n) is 29.6. The van der Waals surface area contributed by atoms with Crippen molar-refractivity contribution in [2.24, 2.45) is 53.3 Å². The molecule has 536 valence electrons. The Bertz CT molecular complexity index is 2610. The second-order valence-corrected chi connectivity index (χ2v) is 35.3. The number of terminal acetylenes is 2. The summed E-state index contributed by atoms with van der Waals surface area (Å²) < 4.78 is 34.3. The second kappa shape index (κ2) is 40.0. The molecule has 4 N–H and O–H groups in total. The molecule has 0 fully saturated rings. The lowest BCUT2D eigenvalue weighted by molar-refractivity contribution is -0.194. The van der Waals surface area contributed by atoms with Crippen LogP contribution in [0.3, 0.4) is 0 Å². The molecule has 0 aromatic rings. The van der Waals surface area contributed by atoms with Crippen LogP contribution in [0.15, 0.2) is 0 Å². The number of likely N-dealkylation sites (N-methyl/N-ethyl adjacent to an activating group) is 2. The molecule has 0 saturated carbocycles. The van der Waals surface area contributed by atoms with Gasteiger partial charge in [0.15, 0.2) is 6.10 Å². The van der Waals surface area contributed by atoms with Gasteiger partial charge in [-0.05, 0) is 95.4 Å². The Morgan fingerprint density at radius 1 is 0.479 bits per heavy atom. The molecule has 0 heterocycles. The van der Waals surface area contributed by atoms with Gasteiger partial charge < -0.3 is 59.5 Å². The van der Waals surface area contributed by atoms with Crippen LogP contribution < -0.4 is 21.3 Å². The van der Waals surface area contributed by atoms with Crippen molar-refractivity contribution in [3.63, 3.8) is 0 Å². The van der Waals surface area contributed by atoms with Gasteiger partial charge in [-0.2, -0.15) is 0 Å². The number of unbranched alkanes of at least 4 members (excludes halogenated alkanes) is 2. The Morgan fingerprint density at radius 2 is 0.872 bits per heavy atom. The third kappa shape index (κ3) is 28.7. The van der Waals surface area contributed by atoms with Crippen molar-refractivity contribution in [2.75, 3.05) is 20.7 Å². The molecule has 1 unspecified atom stereocenters. The Morgan fingerprint density at radius 3 is 1.23 bits per heavy atom. The average molecular weight is 1350 g/mol. The zero-order valence-corrected chi connectivity index (χ0v) is 62.7. The normalized spacial score (nSPS) is 16.0. The average Bonchev–Trinajstić information content (AvgIpc) is 0.822. The molecule has 12 atom stereocenters. The van der Waals surface area contributed by atoms with Crippen LogP contribution in [-0.2, 0) is 76.4 Å². The molecule has 0 rings (SSSR count). The number of ether oxygens (including phenoxy) is 6. The minimum absolute atomic E-state index is 0.0399. The van der Waals surface area contributed by atoms with Crippen LogP contribution in [0.4, 0.5) is 4.79 Å². The van der Waals surface area contributed by atoms with Gasteiger partial charge in [0.25, 0.3) is 5.91 Å². The van der Waals surface area contributed by atoms with Gasteiger partial charge in [0.2, 0.25) is 41.4 Å². The van der Waals surface area contributed by atoms with Gasteiger partial charge in [-0.15, -0.1) is 24.7 Å². The van der Waals surface area contributed by atoms with Crippen LogP contribution in [0.1, 0.15) is 190 Å². The number of carbonyl (C=O) groups excluding carboxylic acids is 11. The molecule has 0 aromatic heterocycles. The summed E-state index contributed by atoms with van der Waals surface area (Å²) >= 11 is 0. The summed E-state index contributed by atoms with van der Waals surface area (Å²) in [5.74, 6) is -8.53. The number of hydrogen-bond donors (Lipinski definition) is 4. The number of nitrogens with zero attached hydrogens (tertiary/aromatic N) is 2. The first kappa shape index (κ1) is 87.3. The van der Waals surface area contributed by atoms with Crippen molar-refractivity contribution in [2.45, 2.75) is 282 Å². The number of amides is 6. The number of rotatable bonds is 39. The number of esters is 5. The first-order chi connectivity index (χ1) is 43.2. The summed E-state index contributed by atoms with van der Waals surface area (Å²) in [6.07, 6.45) is 7.91. The fourth-order valence-electron chi connectivity index (χ4n) is 10.2. The predicted octanol–water partition coefficient (Wildman–Crippen LogP) is 8.79. The third-order valence-corrected chi connectivity index (χ3v) is 18.0. The van der Waals surface area contributed by atoms with E-state index in [1.54, 1.807) is 138 Å². The number of carbonyl (C=O) groups is 11. The summed E-state index contributed by atoms with van der Waals surface area (Å²) in [4.78, 5) is 157. The molecule has 0 aliphatic heterocycles. The summed E-state index contributed by atoms with van der Waals surface area (Å²) in [6, 6.07) is -5.78. The molecular weight excluding hydrogens is 1220 g/mol. The van der Waals surface area contributed by atoms with Crippen molar-refractivity contribution in [1.82, 2.24) is 31.1 Å². The molecule has 94 heavy (non-hydrogen) atoms. The summed E-state index contributed by atoms with van der Waals surface area (Å²) in [7, 11) is 1.29. The highest BCUT2D eigenvalue weighted by Crippen LogP contribution is 2.28. The van der Waals surface area contributed by atoms with Gasteiger partial charge >= 0.3 is 35.9 Å². The fraction of sp³-hybridized carbons (Fsp3) is 0.786. The maximum absolute atomic E-state index is 14.6. The van der Waals surface area contributed by atoms with E-state index in [0.717, 1.165) is 0 Å². The SMILES string of the molecule is C#CCCC[C@H](NC(=O)[C@@H](NC(=O)OC(C)(C)C)C(C)C)[C@H](C)C(=O)N(C)[C@H](C(=O)O[C@H](C(=O)O[C@H](C(=O)N[C@H](C(=O)N[C@@H](CCCC#C)[C@H](C)C(=O)N(C)[C@H](C(=O)O[C@@](C)(CC)C(=O)OC(C(=O)OCC[Si](C)(C)C)C(C)C)C(C)C)C(C)C)C(C)C)C(C)C)C(C)C. The van der Waals surface area contributed by atoms with E-state index in [1.165, 1.54) is 30.8 Å². The van der Waals surface area contributed by atoms with Crippen molar-refractivity contribution in [1.29, 1.82) is 0 Å². The van der Waals surface area contributed by atoms with Gasteiger partial charge in [0.1, 0.15) is 29.8 Å². The maximum atomic E-state index is 14.6. The number of hydrogen-bond acceptors (Lipinski definition) is 17. The van der Waals surface area contributed by atoms with E-state index in [-0.39, 0.29) is 31.8 Å². The third-order valence-electron chi connectivity index (χ3n) is 16.2. The van der Waals surface area contributed by atoms with E-state index in [0.29, 0.717) is 31.7 Å². The van der Waals surface area contributed by atoms with Crippen LogP contribution in [0, 0.1) is 77.9 Å². The Labute approximate surface area is 563 Å². The fourth-order valence-corrected chi connectivity index (χ4v) is 10.9. The van der Waals surface area contributed by atoms with Crippen molar-refractivity contribution in [3.8, 4) is 24.7 Å². The van der Waals surface area contributed by atoms with E-state index in [4.69, 9.17) is 41.3 Å². The van der Waals surface area contributed by atoms with Crippen LogP contribution in [0.25, 0.3) is 0 Å². The largest absolute Gasteiger partial charge is 0.463 e. The minimum atomic E-state index is -1.87. The zero-order valence-electron chi connectivity index (χ0n) is 61.7. The van der Waals surface area contributed by atoms with E-state index >= 15 is 0 Å². The predicted molar refractivity (Wildman–Crippen MR) is 363 cm³/mol. The van der Waals surface area contributed by atoms with E-state index in [1.807, 2.05) is 0 Å². The van der Waals surface area contributed by atoms with Crippen LogP contribution in [-0.4, -0.2) is 170 Å². The number of nitrogens with one attached hydrogen (secondary N) is 4. The topological polar surface area (TPSA) is 298 Å². The molecule has 0 aliphatic rings. The summed E-state index contributed by atoms with van der Waals surface area (Å²) in [5, 5.41) is 11.3. The van der Waals surface area contributed by atoms with Crippen molar-refractivity contribution in [3.05, 3.63) is 0 Å². The van der Waals surface area contributed by atoms with Gasteiger partial charge in [-0.3, -0.25) is 24.0 Å². The number of alkyl carbamates (subject to hydrolysis) is 1. The van der Waals surface area contributed by atoms with Gasteiger partial charge in [-0.1, -0.05) is 137 Å². The van der Waals surface area contributed by atoms with Gasteiger partial charge in [0.05, 0.1) is 18.4 Å². The standard InChI is InChI=1S/C70H120N6O17Si/c1-29-32-34-36-49(48(19)62(81)76(25)54(43(10)11)64(83)92-70(23,31-3)67(86)91-56(45(14)15)65(84)88-38-39-94(26,27)28)71-58(77)51(40(4)5)73-60(79)55(44(12)13)89-66(85)57(46(16)17)90-63(82)53(42(8)9)75(24)61(80)47(18)50(37-35-33-30-2)72-59(78)52(41(6)7)74-68(87)93-69(20,21)22/h1-2,40-57H,31-39H2,3-28H3,(H,71,77)(H,72,78)(H,73,79)(H,74,87)/t47-,48-,49-,50-,51-,52-,53-,54-,55-,56?,57-,70-/m0/s1. The molecule has 0 aliphatic carbocycles. The molecule has 0 spiro atoms. The molecule has 0 bridgehead atoms. The van der Waals surface area contributed by atoms with E-state index in [9.17, 15) is 52.7 Å². The molecule has 0 saturated heterocycles. The molecule has 24 heteroatoms. The Balaban J connectivity index is 6.79. The van der Waals surface area contributed by atoms with Gasteiger partial charge in [0, 0.05) is 58.9 Å². The lowest BCUT2D eigenvalue weighted by atomic mass is 9.92. The zero-order chi connectivity index (χ0) is 73.2. The highest BCUT2D eigenvalue weighted by molar-refractivity contribution is 6.76. The van der Waals surface area contributed by atoms with Gasteiger partial charge in [-0.25, -0.2) is 28.8 Å². The van der Waals surface area contributed by atoms with Crippen LogP contribution in [0.5, 0.6) is 0 Å². The first-order valence-corrected chi connectivity index (χ1v) is 37.2. The maximum Gasteiger partial charge on any atom is 0.408 e. The molecule has 23 nitrogen and oxygen atoms in total. The lowest BCUT2D eigenvalue weighted by Gasteiger charge is -2.36. The van der Waals surface area contributed by atoms with Crippen LogP contribution >= 0.6 is 0 Å². The summed E-state index contributed by atoms with van der Waals surface area (Å²) in [6.45, 7) is 41.4. The molecular formula is C70H120N6O17Si. The van der Waals surface area contributed by atoms with E-state index in [2.05, 4.69) is 52.7 Å². The monoisotopic (exact) mass is 1340 g/mol.